The molecule has 1 amide bonds. The van der Waals surface area contributed by atoms with Crippen LogP contribution in [-0.4, -0.2) is 112 Å². The van der Waals surface area contributed by atoms with Crippen molar-refractivity contribution >= 4 is 27.5 Å². The van der Waals surface area contributed by atoms with Gasteiger partial charge in [0.1, 0.15) is 4.90 Å². The van der Waals surface area contributed by atoms with Gasteiger partial charge in [-0.05, 0) is 44.1 Å². The predicted octanol–water partition coefficient (Wildman–Crippen LogP) is 1.21. The summed E-state index contributed by atoms with van der Waals surface area (Å²) in [6, 6.07) is 4.55. The molecule has 8 nitrogen and oxygen atoms in total. The van der Waals surface area contributed by atoms with Gasteiger partial charge < -0.3 is 14.5 Å². The third-order valence-corrected chi connectivity index (χ3v) is 8.74. The van der Waals surface area contributed by atoms with Gasteiger partial charge in [0.2, 0.25) is 10.0 Å². The number of halogens is 1. The lowest BCUT2D eigenvalue weighted by Gasteiger charge is -2.35. The fourth-order valence-electron chi connectivity index (χ4n) is 4.41. The van der Waals surface area contributed by atoms with Gasteiger partial charge in [-0.2, -0.15) is 4.31 Å². The van der Waals surface area contributed by atoms with E-state index in [0.29, 0.717) is 31.9 Å². The third-order valence-electron chi connectivity index (χ3n) is 6.36. The van der Waals surface area contributed by atoms with Crippen LogP contribution in [0, 0.1) is 0 Å². The zero-order valence-corrected chi connectivity index (χ0v) is 19.4. The molecule has 3 saturated heterocycles. The van der Waals surface area contributed by atoms with Crippen LogP contribution in [0.15, 0.2) is 23.1 Å². The first-order valence-corrected chi connectivity index (χ1v) is 12.9. The van der Waals surface area contributed by atoms with Crippen LogP contribution in [0.5, 0.6) is 0 Å². The maximum absolute atomic E-state index is 13.1. The first-order chi connectivity index (χ1) is 14.9. The molecule has 0 aliphatic carbocycles. The number of carbonyl (C=O) groups is 1. The lowest BCUT2D eigenvalue weighted by Crippen LogP contribution is -2.50. The van der Waals surface area contributed by atoms with Gasteiger partial charge in [-0.25, -0.2) is 8.42 Å². The summed E-state index contributed by atoms with van der Waals surface area (Å²) >= 11 is 6.23. The van der Waals surface area contributed by atoms with Crippen LogP contribution in [0.1, 0.15) is 23.2 Å². The molecular formula is C21H31ClN4O4S. The topological polar surface area (TPSA) is 73.4 Å². The van der Waals surface area contributed by atoms with E-state index in [2.05, 4.69) is 9.80 Å². The summed E-state index contributed by atoms with van der Waals surface area (Å²) < 4.78 is 32.7. The minimum Gasteiger partial charge on any atom is -0.379 e. The van der Waals surface area contributed by atoms with E-state index in [1.54, 1.807) is 11.0 Å². The number of morpholine rings is 1. The molecule has 4 rings (SSSR count). The average molecular weight is 471 g/mol. The van der Waals surface area contributed by atoms with E-state index in [9.17, 15) is 13.2 Å². The van der Waals surface area contributed by atoms with Crippen molar-refractivity contribution in [1.82, 2.24) is 19.0 Å². The SMILES string of the molecule is O=C(c1ccc(Cl)c(S(=O)(=O)N2CCOCC2)c1)N1CCN(CCN2CCCC2)CC1. The number of piperazine rings is 1. The van der Waals surface area contributed by atoms with Crippen molar-refractivity contribution in [3.05, 3.63) is 28.8 Å². The smallest absolute Gasteiger partial charge is 0.253 e. The number of benzene rings is 1. The Hall–Kier alpha value is -1.23. The van der Waals surface area contributed by atoms with Gasteiger partial charge in [-0.3, -0.25) is 9.69 Å². The number of hydrogen-bond acceptors (Lipinski definition) is 6. The number of carbonyl (C=O) groups excluding carboxylic acids is 1. The second kappa shape index (κ2) is 10.1. The highest BCUT2D eigenvalue weighted by Gasteiger charge is 2.30. The highest BCUT2D eigenvalue weighted by atomic mass is 35.5. The summed E-state index contributed by atoms with van der Waals surface area (Å²) in [6.45, 7) is 8.79. The molecule has 3 heterocycles. The minimum absolute atomic E-state index is 0.00818. The third kappa shape index (κ3) is 5.40. The van der Waals surface area contributed by atoms with Gasteiger partial charge in [0.05, 0.1) is 18.2 Å². The largest absolute Gasteiger partial charge is 0.379 e. The summed E-state index contributed by atoms with van der Waals surface area (Å²) in [4.78, 5) is 19.8. The molecule has 0 saturated carbocycles. The summed E-state index contributed by atoms with van der Waals surface area (Å²) in [6.07, 6.45) is 2.60. The molecule has 0 atom stereocenters. The van der Waals surface area contributed by atoms with Crippen LogP contribution < -0.4 is 0 Å². The molecule has 1 aromatic carbocycles. The monoisotopic (exact) mass is 470 g/mol. The Labute approximate surface area is 189 Å². The van der Waals surface area contributed by atoms with Crippen molar-refractivity contribution in [2.45, 2.75) is 17.7 Å². The normalized spacial score (nSPS) is 22.2. The molecule has 0 N–H and O–H groups in total. The molecule has 0 bridgehead atoms. The summed E-state index contributed by atoms with van der Waals surface area (Å²) in [5, 5.41) is 0.134. The van der Waals surface area contributed by atoms with Crippen molar-refractivity contribution < 1.29 is 17.9 Å². The zero-order valence-electron chi connectivity index (χ0n) is 17.8. The first-order valence-electron chi connectivity index (χ1n) is 11.1. The van der Waals surface area contributed by atoms with Gasteiger partial charge in [-0.15, -0.1) is 0 Å². The van der Waals surface area contributed by atoms with Crippen molar-refractivity contribution in [2.75, 3.05) is 78.7 Å². The van der Waals surface area contributed by atoms with E-state index in [-0.39, 0.29) is 28.9 Å². The van der Waals surface area contributed by atoms with Gasteiger partial charge in [0.25, 0.3) is 5.91 Å². The van der Waals surface area contributed by atoms with E-state index >= 15 is 0 Å². The molecular weight excluding hydrogens is 440 g/mol. The summed E-state index contributed by atoms with van der Waals surface area (Å²) in [5.74, 6) is -0.144. The summed E-state index contributed by atoms with van der Waals surface area (Å²) in [7, 11) is -3.77. The molecule has 0 aromatic heterocycles. The Bertz CT molecular complexity index is 877. The van der Waals surface area contributed by atoms with Crippen LogP contribution >= 0.6 is 11.6 Å². The van der Waals surface area contributed by atoms with Crippen molar-refractivity contribution in [3.8, 4) is 0 Å². The van der Waals surface area contributed by atoms with Crippen LogP contribution in [0.25, 0.3) is 0 Å². The van der Waals surface area contributed by atoms with Crippen LogP contribution in [0.4, 0.5) is 0 Å². The highest BCUT2D eigenvalue weighted by Crippen LogP contribution is 2.27. The van der Waals surface area contributed by atoms with E-state index in [0.717, 1.165) is 26.2 Å². The lowest BCUT2D eigenvalue weighted by molar-refractivity contribution is 0.0626. The van der Waals surface area contributed by atoms with Gasteiger partial charge in [-0.1, -0.05) is 11.6 Å². The van der Waals surface area contributed by atoms with E-state index in [4.69, 9.17) is 16.3 Å². The van der Waals surface area contributed by atoms with Crippen LogP contribution in [0.2, 0.25) is 5.02 Å². The fraction of sp³-hybridized carbons (Fsp3) is 0.667. The van der Waals surface area contributed by atoms with Crippen molar-refractivity contribution in [2.24, 2.45) is 0 Å². The number of hydrogen-bond donors (Lipinski definition) is 0. The highest BCUT2D eigenvalue weighted by molar-refractivity contribution is 7.89. The first kappa shape index (κ1) is 22.9. The van der Waals surface area contributed by atoms with Crippen LogP contribution in [-0.2, 0) is 14.8 Å². The Morgan fingerprint density at radius 2 is 1.52 bits per heavy atom. The standard InChI is InChI=1S/C21H31ClN4O4S/c22-19-4-3-18(17-20(19)31(28,29)26-13-15-30-16-14-26)21(27)25-11-9-24(10-12-25)8-7-23-5-1-2-6-23/h3-4,17H,1-2,5-16H2. The number of rotatable bonds is 6. The Kier molecular flexibility index (Phi) is 7.51. The maximum Gasteiger partial charge on any atom is 0.253 e. The quantitative estimate of drug-likeness (QED) is 0.622. The number of nitrogens with zero attached hydrogens (tertiary/aromatic N) is 4. The van der Waals surface area contributed by atoms with E-state index in [1.165, 1.54) is 42.4 Å². The molecule has 3 fully saturated rings. The Morgan fingerprint density at radius 1 is 0.903 bits per heavy atom. The van der Waals surface area contributed by atoms with Crippen molar-refractivity contribution in [1.29, 1.82) is 0 Å². The molecule has 1 aromatic rings. The lowest BCUT2D eigenvalue weighted by atomic mass is 10.2. The van der Waals surface area contributed by atoms with Gasteiger partial charge in [0.15, 0.2) is 0 Å². The van der Waals surface area contributed by atoms with E-state index < -0.39 is 10.0 Å². The molecule has 10 heteroatoms. The molecule has 0 spiro atoms. The number of sulfonamides is 1. The van der Waals surface area contributed by atoms with Gasteiger partial charge in [0, 0.05) is 57.9 Å². The summed E-state index contributed by atoms with van der Waals surface area (Å²) in [5.41, 5.74) is 0.363. The second-order valence-corrected chi connectivity index (χ2v) is 10.7. The Morgan fingerprint density at radius 3 is 2.16 bits per heavy atom. The molecule has 3 aliphatic heterocycles. The molecule has 0 unspecified atom stereocenters. The predicted molar refractivity (Wildman–Crippen MR) is 119 cm³/mol. The second-order valence-electron chi connectivity index (χ2n) is 8.34. The van der Waals surface area contributed by atoms with Crippen LogP contribution in [0.3, 0.4) is 0 Å². The molecule has 0 radical (unpaired) electrons. The zero-order chi connectivity index (χ0) is 21.8. The average Bonchev–Trinajstić information content (AvgIpc) is 3.32. The number of ether oxygens (including phenoxy) is 1. The molecule has 31 heavy (non-hydrogen) atoms. The number of likely N-dealkylation sites (tertiary alicyclic amines) is 1. The molecule has 3 aliphatic rings. The Balaban J connectivity index is 1.38. The fourth-order valence-corrected chi connectivity index (χ4v) is 6.31. The van der Waals surface area contributed by atoms with Crippen molar-refractivity contribution in [3.63, 3.8) is 0 Å². The minimum atomic E-state index is -3.77. The van der Waals surface area contributed by atoms with Gasteiger partial charge >= 0.3 is 0 Å². The molecule has 172 valence electrons. The van der Waals surface area contributed by atoms with E-state index in [1.807, 2.05) is 0 Å². The maximum atomic E-state index is 13.1. The number of amides is 1.